The van der Waals surface area contributed by atoms with Gasteiger partial charge in [0.15, 0.2) is 10.9 Å². The molecule has 0 saturated carbocycles. The number of hydrogen-bond acceptors (Lipinski definition) is 2. The Kier molecular flexibility index (Phi) is 4.07. The van der Waals surface area contributed by atoms with Gasteiger partial charge in [-0.05, 0) is 54.5 Å². The Balaban J connectivity index is 2.00. The lowest BCUT2D eigenvalue weighted by molar-refractivity contribution is 0.993. The van der Waals surface area contributed by atoms with E-state index < -0.39 is 0 Å². The van der Waals surface area contributed by atoms with E-state index in [-0.39, 0.29) is 10.9 Å². The molecule has 0 aliphatic heterocycles. The Hall–Kier alpha value is -2.97. The van der Waals surface area contributed by atoms with Gasteiger partial charge >= 0.3 is 0 Å². The fourth-order valence-electron chi connectivity index (χ4n) is 4.38. The quantitative estimate of drug-likeness (QED) is 0.331. The Bertz CT molecular complexity index is 1580. The second kappa shape index (κ2) is 6.53. The smallest absolute Gasteiger partial charge is 0.197 e. The van der Waals surface area contributed by atoms with Crippen molar-refractivity contribution in [3.63, 3.8) is 0 Å². The second-order valence-corrected chi connectivity index (χ2v) is 8.15. The fourth-order valence-corrected chi connectivity index (χ4v) is 4.72. The summed E-state index contributed by atoms with van der Waals surface area (Å²) in [6.45, 7) is 0. The summed E-state index contributed by atoms with van der Waals surface area (Å²) in [6, 6.07) is 17.4. The van der Waals surface area contributed by atoms with Crippen molar-refractivity contribution in [3.8, 4) is 0 Å². The van der Waals surface area contributed by atoms with Crippen molar-refractivity contribution < 1.29 is 0 Å². The molecule has 3 aromatic carbocycles. The molecule has 0 bridgehead atoms. The van der Waals surface area contributed by atoms with Crippen LogP contribution >= 0.6 is 9.24 Å². The van der Waals surface area contributed by atoms with Gasteiger partial charge in [-0.3, -0.25) is 9.59 Å². The molecule has 2 heterocycles. The monoisotopic (exact) mass is 400 g/mol. The first-order valence-corrected chi connectivity index (χ1v) is 10.5. The topological polar surface area (TPSA) is 44.0 Å². The van der Waals surface area contributed by atoms with Gasteiger partial charge in [0.2, 0.25) is 0 Å². The van der Waals surface area contributed by atoms with Gasteiger partial charge < -0.3 is 9.13 Å². The van der Waals surface area contributed by atoms with Gasteiger partial charge in [-0.15, -0.1) is 9.24 Å². The molecule has 5 rings (SSSR count). The SMILES string of the molecule is Cn1c2ccccc2c(=O)c2cc3c(cc21)c(=O)c1cc(CCP)ccc1n3C. The zero-order chi connectivity index (χ0) is 20.3. The largest absolute Gasteiger partial charge is 0.343 e. The molecule has 0 fully saturated rings. The third kappa shape index (κ3) is 2.56. The van der Waals surface area contributed by atoms with Crippen molar-refractivity contribution >= 4 is 52.9 Å². The number of aryl methyl sites for hydroxylation is 3. The normalized spacial score (nSPS) is 11.8. The van der Waals surface area contributed by atoms with Crippen molar-refractivity contribution in [1.29, 1.82) is 0 Å². The molecule has 5 heteroatoms. The summed E-state index contributed by atoms with van der Waals surface area (Å²) in [4.78, 5) is 26.6. The third-order valence-electron chi connectivity index (χ3n) is 5.94. The lowest BCUT2D eigenvalue weighted by atomic mass is 10.0. The summed E-state index contributed by atoms with van der Waals surface area (Å²) in [6.07, 6.45) is 1.87. The lowest BCUT2D eigenvalue weighted by Crippen LogP contribution is -2.13. The van der Waals surface area contributed by atoms with Crippen molar-refractivity contribution in [2.45, 2.75) is 6.42 Å². The Morgan fingerprint density at radius 2 is 1.24 bits per heavy atom. The zero-order valence-corrected chi connectivity index (χ0v) is 17.6. The maximum atomic E-state index is 13.4. The molecule has 1 atom stereocenters. The van der Waals surface area contributed by atoms with Gasteiger partial charge in [-0.1, -0.05) is 18.2 Å². The molecule has 0 saturated heterocycles. The van der Waals surface area contributed by atoms with Crippen LogP contribution in [-0.4, -0.2) is 15.3 Å². The van der Waals surface area contributed by atoms with Crippen molar-refractivity contribution in [1.82, 2.24) is 9.13 Å². The van der Waals surface area contributed by atoms with E-state index in [4.69, 9.17) is 0 Å². The van der Waals surface area contributed by atoms with E-state index in [9.17, 15) is 9.59 Å². The number of hydrogen-bond donors (Lipinski definition) is 0. The fraction of sp³-hybridized carbons (Fsp3) is 0.167. The number of benzene rings is 3. The summed E-state index contributed by atoms with van der Waals surface area (Å²) in [5.74, 6) is 0. The van der Waals surface area contributed by atoms with Crippen LogP contribution in [0.4, 0.5) is 0 Å². The molecular weight excluding hydrogens is 379 g/mol. The number of nitrogens with zero attached hydrogens (tertiary/aromatic N) is 2. The van der Waals surface area contributed by atoms with Crippen molar-refractivity contribution in [2.24, 2.45) is 14.1 Å². The van der Waals surface area contributed by atoms with Crippen LogP contribution in [0.5, 0.6) is 0 Å². The number of fused-ring (bicyclic) bond motifs is 4. The van der Waals surface area contributed by atoms with E-state index in [1.165, 1.54) is 0 Å². The summed E-state index contributed by atoms with van der Waals surface area (Å²) < 4.78 is 4.02. The maximum Gasteiger partial charge on any atom is 0.197 e. The van der Waals surface area contributed by atoms with E-state index >= 15 is 0 Å². The van der Waals surface area contributed by atoms with Crippen LogP contribution in [-0.2, 0) is 20.5 Å². The van der Waals surface area contributed by atoms with E-state index in [1.54, 1.807) is 0 Å². The molecular formula is C24H21N2O2P. The van der Waals surface area contributed by atoms with Gasteiger partial charge in [0.1, 0.15) is 0 Å². The van der Waals surface area contributed by atoms with Crippen LogP contribution in [0.1, 0.15) is 5.56 Å². The summed E-state index contributed by atoms with van der Waals surface area (Å²) >= 11 is 0. The van der Waals surface area contributed by atoms with Gasteiger partial charge in [0.05, 0.1) is 22.1 Å². The predicted molar refractivity (Wildman–Crippen MR) is 125 cm³/mol. The summed E-state index contributed by atoms with van der Waals surface area (Å²) in [5.41, 5.74) is 4.47. The number of para-hydroxylation sites is 1. The first-order valence-electron chi connectivity index (χ1n) is 9.68. The predicted octanol–water partition coefficient (Wildman–Crippen LogP) is 4.11. The van der Waals surface area contributed by atoms with Gasteiger partial charge in [0, 0.05) is 35.6 Å². The molecule has 0 radical (unpaired) electrons. The molecule has 4 nitrogen and oxygen atoms in total. The van der Waals surface area contributed by atoms with Crippen molar-refractivity contribution in [3.05, 3.63) is 80.6 Å². The van der Waals surface area contributed by atoms with Crippen LogP contribution in [0.15, 0.2) is 64.2 Å². The van der Waals surface area contributed by atoms with E-state index in [0.717, 1.165) is 45.6 Å². The molecule has 0 N–H and O–H groups in total. The molecule has 0 amide bonds. The average Bonchev–Trinajstić information content (AvgIpc) is 2.75. The molecule has 0 aliphatic rings. The molecule has 5 aromatic rings. The van der Waals surface area contributed by atoms with E-state index in [2.05, 4.69) is 15.3 Å². The number of pyridine rings is 2. The molecule has 0 aliphatic carbocycles. The molecule has 1 unspecified atom stereocenters. The molecule has 2 aromatic heterocycles. The van der Waals surface area contributed by atoms with Crippen LogP contribution in [0.3, 0.4) is 0 Å². The van der Waals surface area contributed by atoms with Gasteiger partial charge in [0.25, 0.3) is 0 Å². The highest BCUT2D eigenvalue weighted by Crippen LogP contribution is 2.25. The highest BCUT2D eigenvalue weighted by Gasteiger charge is 2.14. The highest BCUT2D eigenvalue weighted by molar-refractivity contribution is 7.16. The van der Waals surface area contributed by atoms with E-state index in [1.807, 2.05) is 71.8 Å². The Labute approximate surface area is 169 Å². The standard InChI is InChI=1S/C24H21N2O2P/c1-25-19-6-4-3-5-15(19)23(27)17-12-22-18(13-21(17)25)24(28)16-11-14(9-10-29)7-8-20(16)26(22)2/h3-8,11-13H,9-10,29H2,1-2H3. The van der Waals surface area contributed by atoms with Gasteiger partial charge in [-0.25, -0.2) is 0 Å². The van der Waals surface area contributed by atoms with E-state index in [0.29, 0.717) is 16.2 Å². The third-order valence-corrected chi connectivity index (χ3v) is 6.22. The van der Waals surface area contributed by atoms with Crippen LogP contribution < -0.4 is 10.9 Å². The van der Waals surface area contributed by atoms with Crippen molar-refractivity contribution in [2.75, 3.05) is 6.16 Å². The zero-order valence-electron chi connectivity index (χ0n) is 16.4. The van der Waals surface area contributed by atoms with Crippen LogP contribution in [0, 0.1) is 0 Å². The average molecular weight is 400 g/mol. The molecule has 29 heavy (non-hydrogen) atoms. The number of rotatable bonds is 2. The Morgan fingerprint density at radius 1 is 0.690 bits per heavy atom. The number of aromatic nitrogens is 2. The summed E-state index contributed by atoms with van der Waals surface area (Å²) in [7, 11) is 6.63. The highest BCUT2D eigenvalue weighted by atomic mass is 31.0. The first kappa shape index (κ1) is 18.1. The Morgan fingerprint density at radius 3 is 1.90 bits per heavy atom. The summed E-state index contributed by atoms with van der Waals surface area (Å²) in [5, 5.41) is 2.68. The molecule has 144 valence electrons. The van der Waals surface area contributed by atoms with Crippen LogP contribution in [0.2, 0.25) is 0 Å². The minimum Gasteiger partial charge on any atom is -0.343 e. The maximum absolute atomic E-state index is 13.4. The van der Waals surface area contributed by atoms with Gasteiger partial charge in [-0.2, -0.15) is 0 Å². The molecule has 0 spiro atoms. The minimum absolute atomic E-state index is 0.000982. The second-order valence-electron chi connectivity index (χ2n) is 7.57. The lowest BCUT2D eigenvalue weighted by Gasteiger charge is -2.15. The minimum atomic E-state index is -0.000982. The van der Waals surface area contributed by atoms with Crippen LogP contribution in [0.25, 0.3) is 43.6 Å². The first-order chi connectivity index (χ1) is 14.0.